The maximum atomic E-state index is 13.2. The van der Waals surface area contributed by atoms with E-state index in [1.165, 1.54) is 18.4 Å². The molecule has 0 amide bonds. The fraction of sp³-hybridized carbons (Fsp3) is 0.125. The van der Waals surface area contributed by atoms with E-state index in [1.54, 1.807) is 28.8 Å². The smallest absolute Gasteiger partial charge is 0.269 e. The predicted octanol–water partition coefficient (Wildman–Crippen LogP) is 3.98. The highest BCUT2D eigenvalue weighted by molar-refractivity contribution is 6.30. The molecule has 0 aliphatic heterocycles. The summed E-state index contributed by atoms with van der Waals surface area (Å²) in [5.74, 6) is -0.342. The van der Waals surface area contributed by atoms with Crippen LogP contribution in [0.1, 0.15) is 6.92 Å². The van der Waals surface area contributed by atoms with Gasteiger partial charge in [0.2, 0.25) is 0 Å². The summed E-state index contributed by atoms with van der Waals surface area (Å²) in [4.78, 5) is 12.3. The van der Waals surface area contributed by atoms with E-state index in [0.717, 1.165) is 0 Å². The Hall–Kier alpha value is -2.40. The second-order valence-electron chi connectivity index (χ2n) is 4.70. The zero-order valence-electron chi connectivity index (χ0n) is 11.7. The Morgan fingerprint density at radius 1 is 1.27 bits per heavy atom. The van der Waals surface area contributed by atoms with Crippen molar-refractivity contribution in [3.63, 3.8) is 0 Å². The van der Waals surface area contributed by atoms with Crippen molar-refractivity contribution in [3.8, 4) is 22.5 Å². The molecule has 0 radical (unpaired) electrons. The molecule has 0 saturated heterocycles. The fourth-order valence-corrected chi connectivity index (χ4v) is 2.61. The largest absolute Gasteiger partial charge is 0.364 e. The van der Waals surface area contributed by atoms with E-state index in [4.69, 9.17) is 16.1 Å². The predicted molar refractivity (Wildman–Crippen MR) is 82.3 cm³/mol. The van der Waals surface area contributed by atoms with Crippen LogP contribution in [0, 0.1) is 5.82 Å². The van der Waals surface area contributed by atoms with Crippen LogP contribution in [-0.4, -0.2) is 9.72 Å². The second kappa shape index (κ2) is 5.77. The van der Waals surface area contributed by atoms with Crippen LogP contribution in [0.25, 0.3) is 22.5 Å². The number of hydrogen-bond donors (Lipinski definition) is 0. The van der Waals surface area contributed by atoms with Crippen LogP contribution in [0.15, 0.2) is 52.0 Å². The molecule has 3 aromatic rings. The first-order valence-corrected chi connectivity index (χ1v) is 7.09. The highest BCUT2D eigenvalue weighted by atomic mass is 35.5. The van der Waals surface area contributed by atoms with Gasteiger partial charge in [-0.2, -0.15) is 0 Å². The lowest BCUT2D eigenvalue weighted by molar-refractivity contribution is 0.422. The van der Waals surface area contributed by atoms with Crippen molar-refractivity contribution in [2.75, 3.05) is 0 Å². The van der Waals surface area contributed by atoms with Gasteiger partial charge in [-0.25, -0.2) is 4.39 Å². The summed E-state index contributed by atoms with van der Waals surface area (Å²) in [5, 5.41) is 4.02. The minimum atomic E-state index is -0.342. The molecule has 0 atom stereocenters. The zero-order chi connectivity index (χ0) is 15.7. The highest BCUT2D eigenvalue weighted by Crippen LogP contribution is 2.32. The molecule has 3 rings (SSSR count). The lowest BCUT2D eigenvalue weighted by Crippen LogP contribution is -2.22. The number of aromatic nitrogens is 2. The third-order valence-electron chi connectivity index (χ3n) is 3.39. The number of pyridine rings is 1. The van der Waals surface area contributed by atoms with E-state index in [2.05, 4.69) is 5.16 Å². The van der Waals surface area contributed by atoms with Crippen LogP contribution in [0.2, 0.25) is 5.02 Å². The minimum absolute atomic E-state index is 0.103. The number of hydrogen-bond acceptors (Lipinski definition) is 3. The molecule has 0 N–H and O–H groups in total. The second-order valence-corrected chi connectivity index (χ2v) is 5.10. The Labute approximate surface area is 130 Å². The van der Waals surface area contributed by atoms with Crippen LogP contribution in [-0.2, 0) is 6.54 Å². The molecular formula is C16H12ClFN2O2. The topological polar surface area (TPSA) is 48.0 Å². The van der Waals surface area contributed by atoms with Gasteiger partial charge in [-0.15, -0.1) is 0 Å². The maximum absolute atomic E-state index is 13.2. The number of halogens is 2. The summed E-state index contributed by atoms with van der Waals surface area (Å²) in [6.45, 7) is 2.27. The van der Waals surface area contributed by atoms with Crippen LogP contribution in [0.3, 0.4) is 0 Å². The van der Waals surface area contributed by atoms with Crippen LogP contribution >= 0.6 is 11.6 Å². The molecule has 0 aliphatic carbocycles. The first-order chi connectivity index (χ1) is 10.6. The van der Waals surface area contributed by atoms with Crippen LogP contribution in [0.5, 0.6) is 0 Å². The van der Waals surface area contributed by atoms with Crippen molar-refractivity contribution >= 4 is 11.6 Å². The standard InChI is InChI=1S/C16H12ClFN2O2/c1-2-20-15(10-3-5-11(18)6-4-10)12(9-13(17)16(20)21)14-7-8-22-19-14/h3-9H,2H2,1H3. The van der Waals surface area contributed by atoms with Gasteiger partial charge in [0.05, 0.1) is 5.69 Å². The molecule has 6 heteroatoms. The summed E-state index contributed by atoms with van der Waals surface area (Å²) in [6.07, 6.45) is 1.44. The molecular weight excluding hydrogens is 307 g/mol. The Bertz CT molecular complexity index is 855. The third-order valence-corrected chi connectivity index (χ3v) is 3.66. The molecule has 112 valence electrons. The van der Waals surface area contributed by atoms with Crippen molar-refractivity contribution in [2.24, 2.45) is 0 Å². The van der Waals surface area contributed by atoms with Crippen molar-refractivity contribution in [3.05, 3.63) is 63.9 Å². The van der Waals surface area contributed by atoms with Gasteiger partial charge in [-0.3, -0.25) is 4.79 Å². The van der Waals surface area contributed by atoms with E-state index in [1.807, 2.05) is 6.92 Å². The van der Waals surface area contributed by atoms with Gasteiger partial charge >= 0.3 is 0 Å². The molecule has 0 unspecified atom stereocenters. The lowest BCUT2D eigenvalue weighted by Gasteiger charge is -2.15. The van der Waals surface area contributed by atoms with E-state index >= 15 is 0 Å². The van der Waals surface area contributed by atoms with Gasteiger partial charge in [0.15, 0.2) is 0 Å². The first-order valence-electron chi connectivity index (χ1n) is 6.72. The van der Waals surface area contributed by atoms with E-state index < -0.39 is 0 Å². The molecule has 22 heavy (non-hydrogen) atoms. The quantitative estimate of drug-likeness (QED) is 0.734. The molecule has 0 spiro atoms. The van der Waals surface area contributed by atoms with Crippen LogP contribution < -0.4 is 5.56 Å². The molecule has 2 heterocycles. The summed E-state index contributed by atoms with van der Waals surface area (Å²) in [5.41, 5.74) is 2.26. The Kier molecular flexibility index (Phi) is 3.81. The first kappa shape index (κ1) is 14.5. The average Bonchev–Trinajstić information content (AvgIpc) is 3.04. The van der Waals surface area contributed by atoms with Gasteiger partial charge in [-0.1, -0.05) is 16.8 Å². The molecule has 2 aromatic heterocycles. The molecule has 0 aliphatic rings. The normalized spacial score (nSPS) is 10.9. The number of nitrogens with zero attached hydrogens (tertiary/aromatic N) is 2. The van der Waals surface area contributed by atoms with Crippen molar-refractivity contribution in [1.82, 2.24) is 9.72 Å². The van der Waals surface area contributed by atoms with Gasteiger partial charge in [0.1, 0.15) is 22.8 Å². The highest BCUT2D eigenvalue weighted by Gasteiger charge is 2.17. The molecule has 1 aromatic carbocycles. The molecule has 0 saturated carbocycles. The number of benzene rings is 1. The zero-order valence-corrected chi connectivity index (χ0v) is 12.5. The SMILES string of the molecule is CCn1c(-c2ccc(F)cc2)c(-c2ccon2)cc(Cl)c1=O. The minimum Gasteiger partial charge on any atom is -0.364 e. The fourth-order valence-electron chi connectivity index (χ4n) is 2.40. The Balaban J connectivity index is 2.37. The number of rotatable bonds is 3. The molecule has 0 bridgehead atoms. The summed E-state index contributed by atoms with van der Waals surface area (Å²) >= 11 is 6.05. The Morgan fingerprint density at radius 3 is 2.59 bits per heavy atom. The van der Waals surface area contributed by atoms with Crippen molar-refractivity contribution < 1.29 is 8.91 Å². The van der Waals surface area contributed by atoms with E-state index in [-0.39, 0.29) is 16.4 Å². The van der Waals surface area contributed by atoms with Gasteiger partial charge in [-0.05, 0) is 42.8 Å². The monoisotopic (exact) mass is 318 g/mol. The molecule has 4 nitrogen and oxygen atoms in total. The van der Waals surface area contributed by atoms with Crippen molar-refractivity contribution in [2.45, 2.75) is 13.5 Å². The summed E-state index contributed by atoms with van der Waals surface area (Å²) in [6, 6.07) is 9.18. The van der Waals surface area contributed by atoms with Gasteiger partial charge < -0.3 is 9.09 Å². The van der Waals surface area contributed by atoms with Crippen molar-refractivity contribution in [1.29, 1.82) is 0 Å². The van der Waals surface area contributed by atoms with E-state index in [0.29, 0.717) is 29.1 Å². The maximum Gasteiger partial charge on any atom is 0.269 e. The van der Waals surface area contributed by atoms with E-state index in [9.17, 15) is 9.18 Å². The summed E-state index contributed by atoms with van der Waals surface area (Å²) in [7, 11) is 0. The van der Waals surface area contributed by atoms with Gasteiger partial charge in [0.25, 0.3) is 5.56 Å². The average molecular weight is 319 g/mol. The lowest BCUT2D eigenvalue weighted by atomic mass is 10.0. The summed E-state index contributed by atoms with van der Waals surface area (Å²) < 4.78 is 19.6. The van der Waals surface area contributed by atoms with Gasteiger partial charge in [0, 0.05) is 18.2 Å². The molecule has 0 fully saturated rings. The third kappa shape index (κ3) is 2.44. The van der Waals surface area contributed by atoms with Crippen LogP contribution in [0.4, 0.5) is 4.39 Å². The Morgan fingerprint density at radius 2 is 2.00 bits per heavy atom.